The van der Waals surface area contributed by atoms with Crippen molar-refractivity contribution in [2.24, 2.45) is 0 Å². The second kappa shape index (κ2) is 9.44. The lowest BCUT2D eigenvalue weighted by Crippen LogP contribution is -2.40. The lowest BCUT2D eigenvalue weighted by atomic mass is 10.1. The molecule has 0 spiro atoms. The quantitative estimate of drug-likeness (QED) is 0.611. The summed E-state index contributed by atoms with van der Waals surface area (Å²) >= 11 is 0. The molecule has 0 amide bonds. The minimum absolute atomic E-state index is 0.631. The Balaban J connectivity index is 3.64. The van der Waals surface area contributed by atoms with Gasteiger partial charge in [0.25, 0.3) is 0 Å². The van der Waals surface area contributed by atoms with Gasteiger partial charge in [-0.2, -0.15) is 0 Å². The average Bonchev–Trinajstić information content (AvgIpc) is 2.15. The zero-order valence-electron chi connectivity index (χ0n) is 10.2. The van der Waals surface area contributed by atoms with Gasteiger partial charge in [-0.25, -0.2) is 0 Å². The number of hydrogen-bond donors (Lipinski definition) is 1. The topological polar surface area (TPSA) is 24.5 Å². The van der Waals surface area contributed by atoms with Gasteiger partial charge in [0, 0.05) is 26.2 Å². The third-order valence-electron chi connectivity index (χ3n) is 2.34. The standard InChI is InChI=1S/C11H26N2O/c1-5-7-11(12-6-2)10-13(3)8-9-14-4/h11-12H,5-10H2,1-4H3. The molecule has 1 unspecified atom stereocenters. The molecule has 0 aliphatic rings. The predicted octanol–water partition coefficient (Wildman–Crippen LogP) is 1.34. The van der Waals surface area contributed by atoms with E-state index < -0.39 is 0 Å². The lowest BCUT2D eigenvalue weighted by molar-refractivity contribution is 0.154. The highest BCUT2D eigenvalue weighted by atomic mass is 16.5. The van der Waals surface area contributed by atoms with Crippen molar-refractivity contribution >= 4 is 0 Å². The summed E-state index contributed by atoms with van der Waals surface area (Å²) in [6.07, 6.45) is 2.50. The summed E-state index contributed by atoms with van der Waals surface area (Å²) in [5.41, 5.74) is 0. The summed E-state index contributed by atoms with van der Waals surface area (Å²) in [6.45, 7) is 8.41. The molecule has 0 saturated heterocycles. The van der Waals surface area contributed by atoms with Gasteiger partial charge in [0.2, 0.25) is 0 Å². The highest BCUT2D eigenvalue weighted by molar-refractivity contribution is 4.69. The van der Waals surface area contributed by atoms with Gasteiger partial charge >= 0.3 is 0 Å². The minimum atomic E-state index is 0.631. The summed E-state index contributed by atoms with van der Waals surface area (Å²) in [4.78, 5) is 2.33. The van der Waals surface area contributed by atoms with Crippen LogP contribution in [-0.4, -0.2) is 51.3 Å². The van der Waals surface area contributed by atoms with Crippen molar-refractivity contribution in [3.63, 3.8) is 0 Å². The Morgan fingerprint density at radius 3 is 2.57 bits per heavy atom. The molecule has 0 aromatic rings. The van der Waals surface area contributed by atoms with E-state index in [0.29, 0.717) is 6.04 Å². The van der Waals surface area contributed by atoms with Gasteiger partial charge < -0.3 is 15.0 Å². The van der Waals surface area contributed by atoms with E-state index in [1.807, 2.05) is 0 Å². The molecular formula is C11H26N2O. The maximum absolute atomic E-state index is 5.05. The van der Waals surface area contributed by atoms with E-state index in [4.69, 9.17) is 4.74 Å². The van der Waals surface area contributed by atoms with Crippen molar-refractivity contribution in [1.29, 1.82) is 0 Å². The molecule has 1 atom stereocenters. The molecule has 86 valence electrons. The van der Waals surface area contributed by atoms with Gasteiger partial charge in [0.05, 0.1) is 6.61 Å². The number of hydrogen-bond acceptors (Lipinski definition) is 3. The lowest BCUT2D eigenvalue weighted by Gasteiger charge is -2.24. The largest absolute Gasteiger partial charge is 0.383 e. The Bertz CT molecular complexity index is 114. The molecule has 0 bridgehead atoms. The van der Waals surface area contributed by atoms with Gasteiger partial charge in [-0.15, -0.1) is 0 Å². The minimum Gasteiger partial charge on any atom is -0.383 e. The summed E-state index contributed by atoms with van der Waals surface area (Å²) < 4.78 is 5.05. The Morgan fingerprint density at radius 1 is 1.36 bits per heavy atom. The van der Waals surface area contributed by atoms with Crippen LogP contribution >= 0.6 is 0 Å². The van der Waals surface area contributed by atoms with Crippen molar-refractivity contribution in [3.05, 3.63) is 0 Å². The van der Waals surface area contributed by atoms with Crippen LogP contribution in [0.25, 0.3) is 0 Å². The molecule has 0 aromatic heterocycles. The first-order chi connectivity index (χ1) is 6.74. The summed E-state index contributed by atoms with van der Waals surface area (Å²) in [5.74, 6) is 0. The van der Waals surface area contributed by atoms with Crippen LogP contribution in [0.2, 0.25) is 0 Å². The van der Waals surface area contributed by atoms with Gasteiger partial charge in [-0.1, -0.05) is 20.3 Å². The van der Waals surface area contributed by atoms with Crippen LogP contribution in [0.3, 0.4) is 0 Å². The molecule has 1 N–H and O–H groups in total. The van der Waals surface area contributed by atoms with E-state index in [0.717, 1.165) is 26.2 Å². The van der Waals surface area contributed by atoms with E-state index in [9.17, 15) is 0 Å². The molecule has 0 aliphatic heterocycles. The van der Waals surface area contributed by atoms with E-state index in [2.05, 4.69) is 31.1 Å². The molecule has 0 aromatic carbocycles. The number of rotatable bonds is 9. The van der Waals surface area contributed by atoms with E-state index in [1.54, 1.807) is 7.11 Å². The van der Waals surface area contributed by atoms with E-state index in [-0.39, 0.29) is 0 Å². The average molecular weight is 202 g/mol. The number of nitrogens with one attached hydrogen (secondary N) is 1. The second-order valence-electron chi connectivity index (χ2n) is 3.80. The summed E-state index contributed by atoms with van der Waals surface area (Å²) in [6, 6.07) is 0.631. The first-order valence-corrected chi connectivity index (χ1v) is 5.65. The fourth-order valence-electron chi connectivity index (χ4n) is 1.61. The zero-order chi connectivity index (χ0) is 10.8. The van der Waals surface area contributed by atoms with E-state index in [1.165, 1.54) is 12.8 Å². The highest BCUT2D eigenvalue weighted by Crippen LogP contribution is 1.98. The molecule has 0 radical (unpaired) electrons. The van der Waals surface area contributed by atoms with Gasteiger partial charge in [0.15, 0.2) is 0 Å². The first-order valence-electron chi connectivity index (χ1n) is 5.65. The van der Waals surface area contributed by atoms with Crippen LogP contribution in [-0.2, 0) is 4.74 Å². The van der Waals surface area contributed by atoms with Gasteiger partial charge in [-0.3, -0.25) is 0 Å². The molecular weight excluding hydrogens is 176 g/mol. The smallest absolute Gasteiger partial charge is 0.0589 e. The fraction of sp³-hybridized carbons (Fsp3) is 1.00. The third kappa shape index (κ3) is 7.30. The van der Waals surface area contributed by atoms with Gasteiger partial charge in [-0.05, 0) is 20.0 Å². The Morgan fingerprint density at radius 2 is 2.07 bits per heavy atom. The number of nitrogens with zero attached hydrogens (tertiary/aromatic N) is 1. The van der Waals surface area contributed by atoms with Crippen LogP contribution < -0.4 is 5.32 Å². The normalized spacial score (nSPS) is 13.5. The van der Waals surface area contributed by atoms with Crippen molar-refractivity contribution in [2.75, 3.05) is 40.4 Å². The number of likely N-dealkylation sites (N-methyl/N-ethyl adjacent to an activating group) is 2. The van der Waals surface area contributed by atoms with Crippen LogP contribution in [0.15, 0.2) is 0 Å². The SMILES string of the molecule is CCCC(CN(C)CCOC)NCC. The molecule has 0 saturated carbocycles. The highest BCUT2D eigenvalue weighted by Gasteiger charge is 2.08. The summed E-state index contributed by atoms with van der Waals surface area (Å²) in [7, 11) is 3.90. The third-order valence-corrected chi connectivity index (χ3v) is 2.34. The summed E-state index contributed by atoms with van der Waals surface area (Å²) in [5, 5.41) is 3.51. The van der Waals surface area contributed by atoms with Crippen LogP contribution in [0, 0.1) is 0 Å². The van der Waals surface area contributed by atoms with Crippen LogP contribution in [0.1, 0.15) is 26.7 Å². The Hall–Kier alpha value is -0.120. The second-order valence-corrected chi connectivity index (χ2v) is 3.80. The molecule has 0 rings (SSSR count). The molecule has 0 heterocycles. The van der Waals surface area contributed by atoms with Gasteiger partial charge in [0.1, 0.15) is 0 Å². The molecule has 3 nitrogen and oxygen atoms in total. The Labute approximate surface area is 88.8 Å². The predicted molar refractivity (Wildman–Crippen MR) is 61.7 cm³/mol. The zero-order valence-corrected chi connectivity index (χ0v) is 10.2. The van der Waals surface area contributed by atoms with Crippen molar-refractivity contribution in [3.8, 4) is 0 Å². The first kappa shape index (κ1) is 13.9. The van der Waals surface area contributed by atoms with E-state index >= 15 is 0 Å². The molecule has 0 fully saturated rings. The van der Waals surface area contributed by atoms with Crippen molar-refractivity contribution in [1.82, 2.24) is 10.2 Å². The maximum atomic E-state index is 5.05. The Kier molecular flexibility index (Phi) is 9.35. The molecule has 14 heavy (non-hydrogen) atoms. The monoisotopic (exact) mass is 202 g/mol. The van der Waals surface area contributed by atoms with Crippen molar-refractivity contribution in [2.45, 2.75) is 32.7 Å². The maximum Gasteiger partial charge on any atom is 0.0589 e. The number of ether oxygens (including phenoxy) is 1. The molecule has 0 aliphatic carbocycles. The fourth-order valence-corrected chi connectivity index (χ4v) is 1.61. The van der Waals surface area contributed by atoms with Crippen LogP contribution in [0.5, 0.6) is 0 Å². The van der Waals surface area contributed by atoms with Crippen LogP contribution in [0.4, 0.5) is 0 Å². The van der Waals surface area contributed by atoms with Crippen molar-refractivity contribution < 1.29 is 4.74 Å². The molecule has 3 heteroatoms. The number of methoxy groups -OCH3 is 1.